The van der Waals surface area contributed by atoms with Gasteiger partial charge in [0.1, 0.15) is 5.82 Å². The third-order valence-electron chi connectivity index (χ3n) is 7.50. The molecule has 0 aliphatic carbocycles. The Morgan fingerprint density at radius 3 is 2.20 bits per heavy atom. The van der Waals surface area contributed by atoms with E-state index in [-0.39, 0.29) is 36.3 Å². The van der Waals surface area contributed by atoms with E-state index in [1.165, 1.54) is 0 Å². The summed E-state index contributed by atoms with van der Waals surface area (Å²) in [6.07, 6.45) is -2.75. The smallest absolute Gasteiger partial charge is 0.373 e. The van der Waals surface area contributed by atoms with E-state index >= 15 is 0 Å². The molecule has 1 aromatic heterocycles. The van der Waals surface area contributed by atoms with Crippen LogP contribution in [0.1, 0.15) is 40.3 Å². The van der Waals surface area contributed by atoms with Gasteiger partial charge < -0.3 is 9.64 Å². The lowest BCUT2D eigenvalue weighted by molar-refractivity contribution is -0.137. The first kappa shape index (κ1) is 28.5. The summed E-state index contributed by atoms with van der Waals surface area (Å²) >= 11 is 0. The number of carbonyl (C=O) groups excluding carboxylic acids is 1. The van der Waals surface area contributed by atoms with Crippen molar-refractivity contribution < 1.29 is 27.1 Å². The summed E-state index contributed by atoms with van der Waals surface area (Å²) in [6.45, 7) is 0.641. The molecule has 8 heteroatoms. The number of aromatic nitrogens is 1. The first-order chi connectivity index (χ1) is 19.8. The number of carbonyl (C=O) groups is 1. The van der Waals surface area contributed by atoms with Gasteiger partial charge in [-0.15, -0.1) is 0 Å². The molecule has 212 valence electrons. The van der Waals surface area contributed by atoms with Gasteiger partial charge in [0.05, 0.1) is 24.7 Å². The molecule has 1 saturated heterocycles. The van der Waals surface area contributed by atoms with E-state index in [0.29, 0.717) is 31.3 Å². The molecule has 2 heterocycles. The topological polar surface area (TPSA) is 42.4 Å². The lowest BCUT2D eigenvalue weighted by Crippen LogP contribution is -2.49. The summed E-state index contributed by atoms with van der Waals surface area (Å²) in [4.78, 5) is 19.5. The van der Waals surface area contributed by atoms with Gasteiger partial charge in [-0.05, 0) is 53.4 Å². The van der Waals surface area contributed by atoms with Crippen LogP contribution in [0.25, 0.3) is 0 Å². The number of halogens is 4. The average Bonchev–Trinajstić information content (AvgIpc) is 2.97. The Labute approximate surface area is 236 Å². The van der Waals surface area contributed by atoms with E-state index < -0.39 is 23.7 Å². The number of amides is 1. The number of hydrogen-bond acceptors (Lipinski definition) is 3. The molecule has 2 atom stereocenters. The summed E-state index contributed by atoms with van der Waals surface area (Å²) in [5, 5.41) is 0. The van der Waals surface area contributed by atoms with Crippen LogP contribution in [0.5, 0.6) is 0 Å². The average molecular weight is 563 g/mol. The molecule has 4 aromatic rings. The number of likely N-dealkylation sites (tertiary alicyclic amines) is 1. The van der Waals surface area contributed by atoms with Crippen molar-refractivity contribution in [3.8, 4) is 0 Å². The van der Waals surface area contributed by atoms with Crippen molar-refractivity contribution in [3.63, 3.8) is 0 Å². The van der Waals surface area contributed by atoms with Gasteiger partial charge in [0.2, 0.25) is 5.91 Å². The van der Waals surface area contributed by atoms with E-state index in [0.717, 1.165) is 23.3 Å². The Balaban J connectivity index is 1.44. The van der Waals surface area contributed by atoms with Crippen LogP contribution in [0.3, 0.4) is 0 Å². The summed E-state index contributed by atoms with van der Waals surface area (Å²) < 4.78 is 60.3. The summed E-state index contributed by atoms with van der Waals surface area (Å²) in [5.74, 6) is -1.37. The van der Waals surface area contributed by atoms with Crippen LogP contribution in [0.2, 0.25) is 0 Å². The van der Waals surface area contributed by atoms with Gasteiger partial charge in [0.25, 0.3) is 0 Å². The highest BCUT2D eigenvalue weighted by Gasteiger charge is 2.39. The third-order valence-corrected chi connectivity index (χ3v) is 7.50. The lowest BCUT2D eigenvalue weighted by atomic mass is 9.75. The Morgan fingerprint density at radius 1 is 0.927 bits per heavy atom. The van der Waals surface area contributed by atoms with Crippen LogP contribution in [-0.4, -0.2) is 35.0 Å². The molecule has 0 bridgehead atoms. The SMILES string of the molecule is O=C(Cc1ccccn1)N1CC[C@H](OCc2cc(F)cc(C(F)(F)F)c2)[C@H](C(c2ccccc2)c2ccccc2)C1. The minimum Gasteiger partial charge on any atom is -0.373 e. The molecule has 3 aromatic carbocycles. The van der Waals surface area contributed by atoms with Crippen LogP contribution in [0, 0.1) is 11.7 Å². The molecule has 1 amide bonds. The van der Waals surface area contributed by atoms with Crippen molar-refractivity contribution in [1.82, 2.24) is 9.88 Å². The van der Waals surface area contributed by atoms with E-state index in [1.807, 2.05) is 77.7 Å². The van der Waals surface area contributed by atoms with Gasteiger partial charge in [-0.2, -0.15) is 13.2 Å². The largest absolute Gasteiger partial charge is 0.416 e. The zero-order valence-corrected chi connectivity index (χ0v) is 22.3. The molecule has 0 unspecified atom stereocenters. The van der Waals surface area contributed by atoms with Crippen molar-refractivity contribution in [1.29, 1.82) is 0 Å². The number of piperidine rings is 1. The van der Waals surface area contributed by atoms with Crippen molar-refractivity contribution in [3.05, 3.63) is 137 Å². The summed E-state index contributed by atoms with van der Waals surface area (Å²) in [5.41, 5.74) is 1.83. The fraction of sp³-hybridized carbons (Fsp3) is 0.273. The maximum Gasteiger partial charge on any atom is 0.416 e. The quantitative estimate of drug-likeness (QED) is 0.216. The number of rotatable bonds is 8. The zero-order valence-electron chi connectivity index (χ0n) is 22.3. The monoisotopic (exact) mass is 562 g/mol. The standard InChI is InChI=1S/C33H30F4N2O2/c34-27-18-23(17-26(19-27)33(35,36)37)22-41-30-14-16-39(31(40)20-28-13-7-8-15-38-28)21-29(30)32(24-9-3-1-4-10-24)25-11-5-2-6-12-25/h1-13,15,17-19,29-30,32H,14,16,20-22H2/t29-,30+/m1/s1. The van der Waals surface area contributed by atoms with E-state index in [4.69, 9.17) is 4.74 Å². The van der Waals surface area contributed by atoms with Crippen LogP contribution in [0.4, 0.5) is 17.6 Å². The van der Waals surface area contributed by atoms with Crippen LogP contribution in [-0.2, 0) is 28.7 Å². The third kappa shape index (κ3) is 7.19. The molecule has 4 nitrogen and oxygen atoms in total. The van der Waals surface area contributed by atoms with Gasteiger partial charge in [-0.3, -0.25) is 9.78 Å². The Bertz CT molecular complexity index is 1390. The fourth-order valence-corrected chi connectivity index (χ4v) is 5.59. The predicted molar refractivity (Wildman–Crippen MR) is 147 cm³/mol. The van der Waals surface area contributed by atoms with E-state index in [2.05, 4.69) is 4.98 Å². The molecule has 1 aliphatic heterocycles. The first-order valence-electron chi connectivity index (χ1n) is 13.5. The summed E-state index contributed by atoms with van der Waals surface area (Å²) in [7, 11) is 0. The molecule has 0 spiro atoms. The first-order valence-corrected chi connectivity index (χ1v) is 13.5. The van der Waals surface area contributed by atoms with Crippen molar-refractivity contribution in [2.24, 2.45) is 5.92 Å². The minimum atomic E-state index is -4.66. The molecule has 0 N–H and O–H groups in total. The van der Waals surface area contributed by atoms with Crippen molar-refractivity contribution in [2.75, 3.05) is 13.1 Å². The number of pyridine rings is 1. The van der Waals surface area contributed by atoms with Gasteiger partial charge in [0.15, 0.2) is 0 Å². The number of alkyl halides is 3. The van der Waals surface area contributed by atoms with Crippen LogP contribution >= 0.6 is 0 Å². The van der Waals surface area contributed by atoms with Gasteiger partial charge >= 0.3 is 6.18 Å². The molecule has 1 aliphatic rings. The molecule has 0 radical (unpaired) electrons. The Hall–Kier alpha value is -4.04. The number of ether oxygens (including phenoxy) is 1. The fourth-order valence-electron chi connectivity index (χ4n) is 5.59. The minimum absolute atomic E-state index is 0.0491. The highest BCUT2D eigenvalue weighted by Crippen LogP contribution is 2.39. The maximum atomic E-state index is 14.1. The molecule has 41 heavy (non-hydrogen) atoms. The van der Waals surface area contributed by atoms with Crippen LogP contribution in [0.15, 0.2) is 103 Å². The van der Waals surface area contributed by atoms with Gasteiger partial charge in [-0.1, -0.05) is 66.7 Å². The Morgan fingerprint density at radius 2 is 1.59 bits per heavy atom. The lowest BCUT2D eigenvalue weighted by Gasteiger charge is -2.42. The highest BCUT2D eigenvalue weighted by atomic mass is 19.4. The van der Waals surface area contributed by atoms with Crippen LogP contribution < -0.4 is 0 Å². The zero-order chi connectivity index (χ0) is 28.8. The van der Waals surface area contributed by atoms with Gasteiger partial charge in [0, 0.05) is 36.8 Å². The van der Waals surface area contributed by atoms with Crippen molar-refractivity contribution in [2.45, 2.75) is 37.6 Å². The second kappa shape index (κ2) is 12.6. The van der Waals surface area contributed by atoms with Gasteiger partial charge in [-0.25, -0.2) is 4.39 Å². The molecule has 5 rings (SSSR count). The van der Waals surface area contributed by atoms with E-state index in [9.17, 15) is 22.4 Å². The molecular weight excluding hydrogens is 532 g/mol. The normalized spacial score (nSPS) is 17.5. The number of benzene rings is 3. The molecule has 1 fully saturated rings. The highest BCUT2D eigenvalue weighted by molar-refractivity contribution is 5.78. The summed E-state index contributed by atoms with van der Waals surface area (Å²) in [6, 6.07) is 27.8. The second-order valence-corrected chi connectivity index (χ2v) is 10.3. The molecule has 0 saturated carbocycles. The Kier molecular flexibility index (Phi) is 8.78. The molecular formula is C33H30F4N2O2. The maximum absolute atomic E-state index is 14.1. The second-order valence-electron chi connectivity index (χ2n) is 10.3. The van der Waals surface area contributed by atoms with Crippen molar-refractivity contribution >= 4 is 5.91 Å². The number of hydrogen-bond donors (Lipinski definition) is 0. The predicted octanol–water partition coefficient (Wildman–Crippen LogP) is 7.05. The number of nitrogens with zero attached hydrogens (tertiary/aromatic N) is 2. The van der Waals surface area contributed by atoms with E-state index in [1.54, 1.807) is 12.3 Å².